The zero-order chi connectivity index (χ0) is 46.4. The van der Waals surface area contributed by atoms with E-state index in [2.05, 4.69) is 98.9 Å². The van der Waals surface area contributed by atoms with Crippen LogP contribution in [0, 0.1) is 0 Å². The van der Waals surface area contributed by atoms with Crippen LogP contribution in [0.4, 0.5) is 0 Å². The fourth-order valence-corrected chi connectivity index (χ4v) is 7.45. The number of rotatable bonds is 37. The van der Waals surface area contributed by atoms with Crippen molar-refractivity contribution in [1.82, 2.24) is 0 Å². The van der Waals surface area contributed by atoms with Crippen LogP contribution in [-0.2, 0) is 32.7 Å². The third-order valence-corrected chi connectivity index (χ3v) is 11.2. The smallest absolute Gasteiger partial charge is 0.462 e. The Balaban J connectivity index is 2.50. The van der Waals surface area contributed by atoms with Crippen LogP contribution >= 0.6 is 7.82 Å². The monoisotopic (exact) mass is 909 g/mol. The second-order valence-corrected chi connectivity index (χ2v) is 17.3. The van der Waals surface area contributed by atoms with E-state index in [9.17, 15) is 44.6 Å². The minimum absolute atomic E-state index is 0.0666. The van der Waals surface area contributed by atoms with E-state index in [0.717, 1.165) is 89.9 Å². The maximum absolute atomic E-state index is 12.8. The summed E-state index contributed by atoms with van der Waals surface area (Å²) in [6, 6.07) is 0. The molecule has 360 valence electrons. The Labute approximate surface area is 378 Å². The van der Waals surface area contributed by atoms with Gasteiger partial charge in [0.15, 0.2) is 6.10 Å². The molecule has 0 aliphatic heterocycles. The van der Waals surface area contributed by atoms with Gasteiger partial charge in [-0.1, -0.05) is 144 Å². The molecule has 6 N–H and O–H groups in total. The van der Waals surface area contributed by atoms with Crippen LogP contribution < -0.4 is 0 Å². The first-order chi connectivity index (χ1) is 30.4. The minimum Gasteiger partial charge on any atom is -0.462 e. The maximum atomic E-state index is 12.8. The van der Waals surface area contributed by atoms with Crippen molar-refractivity contribution in [3.8, 4) is 0 Å². The van der Waals surface area contributed by atoms with Crippen LogP contribution in [0.1, 0.15) is 155 Å². The Morgan fingerprint density at radius 1 is 0.524 bits per heavy atom. The van der Waals surface area contributed by atoms with E-state index in [1.54, 1.807) is 0 Å². The number of esters is 2. The number of allylic oxidation sites excluding steroid dienone is 14. The van der Waals surface area contributed by atoms with E-state index in [1.165, 1.54) is 25.7 Å². The summed E-state index contributed by atoms with van der Waals surface area (Å²) in [4.78, 5) is 35.7. The highest BCUT2D eigenvalue weighted by atomic mass is 31.2. The van der Waals surface area contributed by atoms with E-state index < -0.39 is 75.7 Å². The molecule has 1 aliphatic carbocycles. The molecule has 1 rings (SSSR count). The lowest BCUT2D eigenvalue weighted by atomic mass is 9.85. The lowest BCUT2D eigenvalue weighted by Gasteiger charge is -2.41. The molecule has 1 fully saturated rings. The van der Waals surface area contributed by atoms with Gasteiger partial charge in [0.25, 0.3) is 0 Å². The number of carbonyl (C=O) groups is 2. The lowest BCUT2D eigenvalue weighted by molar-refractivity contribution is -0.220. The SMILES string of the molecule is CC/C=C/C/C=C/C/C=C/C/C=C/C/C=C/CCCCCC(=O)OC[C@@H](COP(=O)(O)OC1C(O)C(O)C(O)[C@H](O)C1O)OC(=O)CCCCCCC/C=C/C=C/CCCCCC. The molecular formula is C49H81O13P. The van der Waals surface area contributed by atoms with Gasteiger partial charge in [0.05, 0.1) is 6.61 Å². The fourth-order valence-electron chi connectivity index (χ4n) is 6.48. The minimum atomic E-state index is -5.14. The van der Waals surface area contributed by atoms with Crippen molar-refractivity contribution in [2.75, 3.05) is 13.2 Å². The van der Waals surface area contributed by atoms with E-state index in [4.69, 9.17) is 18.5 Å². The van der Waals surface area contributed by atoms with Gasteiger partial charge in [0.1, 0.15) is 43.2 Å². The largest absolute Gasteiger partial charge is 0.472 e. The first-order valence-electron chi connectivity index (χ1n) is 23.4. The number of hydrogen-bond acceptors (Lipinski definition) is 12. The van der Waals surface area contributed by atoms with Crippen LogP contribution in [-0.4, -0.2) is 98.3 Å². The molecule has 14 heteroatoms. The van der Waals surface area contributed by atoms with Gasteiger partial charge >= 0.3 is 19.8 Å². The van der Waals surface area contributed by atoms with Crippen LogP contribution in [0.5, 0.6) is 0 Å². The third kappa shape index (κ3) is 30.7. The van der Waals surface area contributed by atoms with Gasteiger partial charge in [0, 0.05) is 12.8 Å². The van der Waals surface area contributed by atoms with E-state index in [0.29, 0.717) is 12.8 Å². The first kappa shape index (κ1) is 58.0. The molecule has 8 atom stereocenters. The number of ether oxygens (including phenoxy) is 2. The Kier molecular flexibility index (Phi) is 35.3. The molecule has 0 amide bonds. The average Bonchev–Trinajstić information content (AvgIpc) is 3.26. The second-order valence-electron chi connectivity index (χ2n) is 15.9. The molecule has 0 bridgehead atoms. The standard InChI is InChI=1S/C49H81O13P/c1-3-5-7-9-11-13-15-17-19-20-21-22-24-25-27-29-31-33-35-37-42(50)59-39-41(40-60-63(57,58)62-49-47(55)45(53)44(52)46(54)48(49)56)61-43(51)38-36-34-32-30-28-26-23-18-16-14-12-10-8-6-4-2/h5,7,11,13-14,16-19,21-23,25,27,41,44-49,52-56H,3-4,6,8-10,12,15,20,24,26,28-40H2,1-2H3,(H,57,58)/b7-5+,13-11+,16-14+,19-17+,22-21+,23-18+,27-25+/t41-,44?,45-,46?,47?,48?,49?/m0/s1. The molecule has 0 aromatic carbocycles. The number of aliphatic hydroxyl groups is 5. The summed E-state index contributed by atoms with van der Waals surface area (Å²) in [5.41, 5.74) is 0. The van der Waals surface area contributed by atoms with Gasteiger partial charge in [0.2, 0.25) is 0 Å². The van der Waals surface area contributed by atoms with Crippen LogP contribution in [0.25, 0.3) is 0 Å². The van der Waals surface area contributed by atoms with Crippen LogP contribution in [0.3, 0.4) is 0 Å². The summed E-state index contributed by atoms with van der Waals surface area (Å²) < 4.78 is 33.5. The Bertz CT molecular complexity index is 1420. The summed E-state index contributed by atoms with van der Waals surface area (Å²) in [6.07, 6.45) is 36.3. The van der Waals surface area contributed by atoms with Crippen LogP contribution in [0.2, 0.25) is 0 Å². The van der Waals surface area contributed by atoms with Crippen LogP contribution in [0.15, 0.2) is 85.1 Å². The molecule has 6 unspecified atom stereocenters. The van der Waals surface area contributed by atoms with E-state index in [1.807, 2.05) is 0 Å². The summed E-state index contributed by atoms with van der Waals surface area (Å²) in [6.45, 7) is 3.11. The van der Waals surface area contributed by atoms with Gasteiger partial charge < -0.3 is 39.9 Å². The van der Waals surface area contributed by atoms with Crippen molar-refractivity contribution in [2.24, 2.45) is 0 Å². The average molecular weight is 909 g/mol. The molecule has 0 spiro atoms. The highest BCUT2D eigenvalue weighted by Crippen LogP contribution is 2.47. The normalized spacial score (nSPS) is 22.5. The van der Waals surface area contributed by atoms with Gasteiger partial charge in [-0.2, -0.15) is 0 Å². The van der Waals surface area contributed by atoms with Crippen molar-refractivity contribution in [1.29, 1.82) is 0 Å². The number of hydrogen-bond donors (Lipinski definition) is 6. The molecule has 1 aliphatic rings. The number of phosphoric acid groups is 1. The number of carbonyl (C=O) groups excluding carboxylic acids is 2. The van der Waals surface area contributed by atoms with E-state index in [-0.39, 0.29) is 12.8 Å². The molecule has 63 heavy (non-hydrogen) atoms. The summed E-state index contributed by atoms with van der Waals surface area (Å²) in [5, 5.41) is 50.2. The Hall–Kier alpha value is -2.97. The summed E-state index contributed by atoms with van der Waals surface area (Å²) in [5.74, 6) is -1.16. The zero-order valence-electron chi connectivity index (χ0n) is 38.1. The Morgan fingerprint density at radius 2 is 0.952 bits per heavy atom. The fraction of sp³-hybridized carbons (Fsp3) is 0.673. The number of aliphatic hydroxyl groups excluding tert-OH is 5. The summed E-state index contributed by atoms with van der Waals surface area (Å²) in [7, 11) is -5.14. The van der Waals surface area contributed by atoms with Crippen molar-refractivity contribution in [3.05, 3.63) is 85.1 Å². The summed E-state index contributed by atoms with van der Waals surface area (Å²) >= 11 is 0. The molecule has 0 heterocycles. The van der Waals surface area contributed by atoms with Gasteiger partial charge in [-0.05, 0) is 83.5 Å². The molecular weight excluding hydrogens is 827 g/mol. The third-order valence-electron chi connectivity index (χ3n) is 10.2. The van der Waals surface area contributed by atoms with Crippen molar-refractivity contribution >= 4 is 19.8 Å². The predicted molar refractivity (Wildman–Crippen MR) is 248 cm³/mol. The van der Waals surface area contributed by atoms with Crippen molar-refractivity contribution in [3.63, 3.8) is 0 Å². The predicted octanol–water partition coefficient (Wildman–Crippen LogP) is 9.28. The first-order valence-corrected chi connectivity index (χ1v) is 24.9. The molecule has 0 aromatic rings. The highest BCUT2D eigenvalue weighted by molar-refractivity contribution is 7.47. The molecule has 13 nitrogen and oxygen atoms in total. The Morgan fingerprint density at radius 3 is 1.49 bits per heavy atom. The maximum Gasteiger partial charge on any atom is 0.472 e. The topological polar surface area (TPSA) is 210 Å². The number of phosphoric ester groups is 1. The molecule has 0 aromatic heterocycles. The quantitative estimate of drug-likeness (QED) is 0.0113. The second kappa shape index (κ2) is 38.3. The van der Waals surface area contributed by atoms with Gasteiger partial charge in [-0.3, -0.25) is 18.6 Å². The van der Waals surface area contributed by atoms with Gasteiger partial charge in [-0.25, -0.2) is 4.57 Å². The number of unbranched alkanes of at least 4 members (excludes halogenated alkanes) is 12. The van der Waals surface area contributed by atoms with Crippen molar-refractivity contribution < 1.29 is 63.1 Å². The lowest BCUT2D eigenvalue weighted by Crippen LogP contribution is -2.64. The molecule has 0 saturated heterocycles. The molecule has 1 saturated carbocycles. The zero-order valence-corrected chi connectivity index (χ0v) is 39.0. The van der Waals surface area contributed by atoms with E-state index >= 15 is 0 Å². The molecule has 0 radical (unpaired) electrons. The van der Waals surface area contributed by atoms with Gasteiger partial charge in [-0.15, -0.1) is 0 Å². The van der Waals surface area contributed by atoms with Crippen molar-refractivity contribution in [2.45, 2.75) is 198 Å². The highest BCUT2D eigenvalue weighted by Gasteiger charge is 2.51.